The molecule has 0 unspecified atom stereocenters. The molecule has 1 aromatic heterocycles. The van der Waals surface area contributed by atoms with Crippen LogP contribution in [0, 0.1) is 0 Å². The van der Waals surface area contributed by atoms with Gasteiger partial charge >= 0.3 is 5.97 Å². The molecule has 27 heavy (non-hydrogen) atoms. The third-order valence-electron chi connectivity index (χ3n) is 5.31. The van der Waals surface area contributed by atoms with Crippen LogP contribution in [-0.4, -0.2) is 70.3 Å². The molecular formula is C19H28N4O4. The lowest BCUT2D eigenvalue weighted by atomic mass is 9.90. The molecule has 4 N–H and O–H groups in total. The smallest absolute Gasteiger partial charge is 0.317 e. The maximum Gasteiger partial charge on any atom is 0.317 e. The van der Waals surface area contributed by atoms with Gasteiger partial charge in [-0.2, -0.15) is 0 Å². The topological polar surface area (TPSA) is 115 Å². The second kappa shape index (κ2) is 8.67. The van der Waals surface area contributed by atoms with Crippen LogP contribution >= 0.6 is 0 Å². The van der Waals surface area contributed by atoms with Crippen molar-refractivity contribution < 1.29 is 19.8 Å². The van der Waals surface area contributed by atoms with E-state index in [0.29, 0.717) is 19.6 Å². The molecule has 3 heterocycles. The highest BCUT2D eigenvalue weighted by atomic mass is 16.4. The van der Waals surface area contributed by atoms with Crippen LogP contribution in [0.4, 0.5) is 5.82 Å². The number of piperidine rings is 1. The van der Waals surface area contributed by atoms with Crippen molar-refractivity contribution in [1.29, 1.82) is 0 Å². The molecule has 2 aliphatic heterocycles. The van der Waals surface area contributed by atoms with Gasteiger partial charge in [0, 0.05) is 31.9 Å². The van der Waals surface area contributed by atoms with Crippen LogP contribution < -0.4 is 10.6 Å². The van der Waals surface area contributed by atoms with Crippen LogP contribution in [0.5, 0.6) is 0 Å². The second-order valence-electron chi connectivity index (χ2n) is 7.40. The maximum atomic E-state index is 12.3. The number of rotatable bonds is 7. The Labute approximate surface area is 159 Å². The number of carboxylic acids is 1. The minimum atomic E-state index is -1.40. The molecule has 0 atom stereocenters. The first-order valence-electron chi connectivity index (χ1n) is 9.64. The van der Waals surface area contributed by atoms with Gasteiger partial charge in [0.15, 0.2) is 0 Å². The quantitative estimate of drug-likeness (QED) is 0.509. The number of hydrogen-bond acceptors (Lipinski definition) is 6. The number of carbonyl (C=O) groups excluding carboxylic acids is 1. The summed E-state index contributed by atoms with van der Waals surface area (Å²) in [6.07, 6.45) is 4.22. The number of hydrogen-bond donors (Lipinski definition) is 4. The number of aryl methyl sites for hydroxylation is 2. The molecule has 8 nitrogen and oxygen atoms in total. The molecular weight excluding hydrogens is 348 g/mol. The van der Waals surface area contributed by atoms with E-state index in [0.717, 1.165) is 43.7 Å². The van der Waals surface area contributed by atoms with E-state index in [4.69, 9.17) is 5.11 Å². The molecule has 1 aromatic rings. The summed E-state index contributed by atoms with van der Waals surface area (Å²) in [6, 6.07) is 4.16. The van der Waals surface area contributed by atoms with E-state index in [1.165, 1.54) is 5.56 Å². The summed E-state index contributed by atoms with van der Waals surface area (Å²) in [6.45, 7) is 2.19. The van der Waals surface area contributed by atoms with Crippen molar-refractivity contribution in [3.63, 3.8) is 0 Å². The van der Waals surface area contributed by atoms with Gasteiger partial charge in [0.25, 0.3) is 5.91 Å². The van der Waals surface area contributed by atoms with Crippen molar-refractivity contribution in [1.82, 2.24) is 15.2 Å². The number of fused-ring (bicyclic) bond motifs is 1. The molecule has 1 amide bonds. The Bertz CT molecular complexity index is 686. The predicted octanol–water partition coefficient (Wildman–Crippen LogP) is 0.400. The summed E-state index contributed by atoms with van der Waals surface area (Å²) in [4.78, 5) is 29.4. The van der Waals surface area contributed by atoms with Gasteiger partial charge in [0.05, 0.1) is 6.54 Å². The number of nitrogens with zero attached hydrogens (tertiary/aromatic N) is 2. The molecule has 1 fully saturated rings. The largest absolute Gasteiger partial charge is 0.480 e. The Morgan fingerprint density at radius 3 is 2.81 bits per heavy atom. The molecule has 8 heteroatoms. The van der Waals surface area contributed by atoms with Gasteiger partial charge in [0.1, 0.15) is 11.4 Å². The van der Waals surface area contributed by atoms with Crippen molar-refractivity contribution >= 4 is 17.7 Å². The number of nitrogens with one attached hydrogen (secondary N) is 2. The van der Waals surface area contributed by atoms with Crippen molar-refractivity contribution in [2.45, 2.75) is 44.1 Å². The summed E-state index contributed by atoms with van der Waals surface area (Å²) in [5, 5.41) is 25.5. The van der Waals surface area contributed by atoms with Crippen LogP contribution in [0.2, 0.25) is 0 Å². The predicted molar refractivity (Wildman–Crippen MR) is 101 cm³/mol. The first-order chi connectivity index (χ1) is 13.0. The lowest BCUT2D eigenvalue weighted by molar-refractivity contribution is -0.146. The lowest BCUT2D eigenvalue weighted by Gasteiger charge is -2.36. The van der Waals surface area contributed by atoms with E-state index >= 15 is 0 Å². The summed E-state index contributed by atoms with van der Waals surface area (Å²) in [7, 11) is 0. The molecule has 0 saturated carbocycles. The zero-order valence-corrected chi connectivity index (χ0v) is 15.5. The van der Waals surface area contributed by atoms with E-state index < -0.39 is 11.6 Å². The molecule has 2 aliphatic rings. The Hall–Kier alpha value is -2.19. The van der Waals surface area contributed by atoms with Crippen LogP contribution in [0.15, 0.2) is 12.1 Å². The highest BCUT2D eigenvalue weighted by Crippen LogP contribution is 2.22. The van der Waals surface area contributed by atoms with Crippen LogP contribution in [-0.2, 0) is 22.4 Å². The van der Waals surface area contributed by atoms with Crippen LogP contribution in [0.3, 0.4) is 0 Å². The number of aliphatic carboxylic acids is 1. The third-order valence-corrected chi connectivity index (χ3v) is 5.31. The number of aliphatic hydroxyl groups is 1. The van der Waals surface area contributed by atoms with Gasteiger partial charge in [-0.3, -0.25) is 14.5 Å². The fourth-order valence-corrected chi connectivity index (χ4v) is 3.64. The normalized spacial score (nSPS) is 19.0. The average molecular weight is 376 g/mol. The van der Waals surface area contributed by atoms with Crippen molar-refractivity contribution in [2.75, 3.05) is 38.0 Å². The van der Waals surface area contributed by atoms with Gasteiger partial charge in [-0.05, 0) is 50.2 Å². The number of likely N-dealkylation sites (tertiary alicyclic amines) is 1. The van der Waals surface area contributed by atoms with E-state index in [1.807, 2.05) is 6.07 Å². The van der Waals surface area contributed by atoms with Crippen molar-refractivity contribution in [3.05, 3.63) is 23.4 Å². The lowest BCUT2D eigenvalue weighted by Crippen LogP contribution is -2.54. The SMILES string of the molecule is O=C(O)CN1CCC(O)(C(=O)NCCCc2ccc3c(n2)NCCC3)CC1. The minimum Gasteiger partial charge on any atom is -0.480 e. The van der Waals surface area contributed by atoms with Gasteiger partial charge in [-0.1, -0.05) is 6.07 Å². The molecule has 0 radical (unpaired) electrons. The van der Waals surface area contributed by atoms with Crippen molar-refractivity contribution in [2.24, 2.45) is 0 Å². The Balaban J connectivity index is 1.40. The average Bonchev–Trinajstić information content (AvgIpc) is 2.66. The monoisotopic (exact) mass is 376 g/mol. The molecule has 1 saturated heterocycles. The van der Waals surface area contributed by atoms with Crippen LogP contribution in [0.1, 0.15) is 36.9 Å². The molecule has 148 valence electrons. The van der Waals surface area contributed by atoms with Gasteiger partial charge in [-0.15, -0.1) is 0 Å². The van der Waals surface area contributed by atoms with Crippen molar-refractivity contribution in [3.8, 4) is 0 Å². The van der Waals surface area contributed by atoms with E-state index in [2.05, 4.69) is 21.7 Å². The van der Waals surface area contributed by atoms with Gasteiger partial charge < -0.3 is 20.8 Å². The summed E-state index contributed by atoms with van der Waals surface area (Å²) >= 11 is 0. The number of anilines is 1. The Morgan fingerprint density at radius 1 is 1.30 bits per heavy atom. The Morgan fingerprint density at radius 2 is 2.07 bits per heavy atom. The van der Waals surface area contributed by atoms with Crippen LogP contribution in [0.25, 0.3) is 0 Å². The number of carboxylic acid groups (broad SMARTS) is 1. The highest BCUT2D eigenvalue weighted by Gasteiger charge is 2.39. The first-order valence-corrected chi connectivity index (χ1v) is 9.64. The van der Waals surface area contributed by atoms with E-state index in [1.54, 1.807) is 4.90 Å². The van der Waals surface area contributed by atoms with E-state index in [9.17, 15) is 14.7 Å². The molecule has 3 rings (SSSR count). The maximum absolute atomic E-state index is 12.3. The number of pyridine rings is 1. The minimum absolute atomic E-state index is 0.0552. The first kappa shape index (κ1) is 19.6. The summed E-state index contributed by atoms with van der Waals surface area (Å²) in [5.74, 6) is -0.279. The zero-order chi connectivity index (χ0) is 19.3. The number of aromatic nitrogens is 1. The molecule has 0 aromatic carbocycles. The third kappa shape index (κ3) is 5.17. The van der Waals surface area contributed by atoms with Gasteiger partial charge in [0.2, 0.25) is 0 Å². The molecule has 0 spiro atoms. The fourth-order valence-electron chi connectivity index (χ4n) is 3.64. The molecule has 0 aliphatic carbocycles. The highest BCUT2D eigenvalue weighted by molar-refractivity contribution is 5.85. The standard InChI is InChI=1S/C19H28N4O4/c24-16(25)13-23-11-7-19(27,8-12-23)18(26)21-10-2-4-15-6-5-14-3-1-9-20-17(14)22-15/h5-6,27H,1-4,7-13H2,(H,20,22)(H,21,26)(H,24,25). The zero-order valence-electron chi connectivity index (χ0n) is 15.5. The van der Waals surface area contributed by atoms with E-state index in [-0.39, 0.29) is 25.3 Å². The number of amides is 1. The summed E-state index contributed by atoms with van der Waals surface area (Å²) in [5.41, 5.74) is 0.857. The second-order valence-corrected chi connectivity index (χ2v) is 7.40. The summed E-state index contributed by atoms with van der Waals surface area (Å²) < 4.78 is 0. The Kier molecular flexibility index (Phi) is 6.28. The fraction of sp³-hybridized carbons (Fsp3) is 0.632. The number of carbonyl (C=O) groups is 2. The molecule has 0 bridgehead atoms. The van der Waals surface area contributed by atoms with Gasteiger partial charge in [-0.25, -0.2) is 4.98 Å².